The molecule has 0 aliphatic rings. The molecule has 31 heavy (non-hydrogen) atoms. The number of nitrogens with zero attached hydrogens (tertiary/aromatic N) is 2. The highest BCUT2D eigenvalue weighted by Crippen LogP contribution is 2.22. The highest BCUT2D eigenvalue weighted by Gasteiger charge is 2.24. The number of rotatable bonds is 6. The number of fused-ring (bicyclic) bond motifs is 1. The largest absolute Gasteiger partial charge is 0.448 e. The molecule has 0 unspecified atom stereocenters. The zero-order chi connectivity index (χ0) is 22.0. The van der Waals surface area contributed by atoms with Gasteiger partial charge in [-0.05, 0) is 43.5 Å². The molecule has 0 spiro atoms. The number of aromatic amines is 2. The molecule has 0 radical (unpaired) electrons. The first-order chi connectivity index (χ1) is 15.0. The summed E-state index contributed by atoms with van der Waals surface area (Å²) in [5, 5.41) is 3.31. The fourth-order valence-corrected chi connectivity index (χ4v) is 3.62. The van der Waals surface area contributed by atoms with Gasteiger partial charge in [-0.15, -0.1) is 0 Å². The van der Waals surface area contributed by atoms with E-state index in [0.717, 1.165) is 5.69 Å². The summed E-state index contributed by atoms with van der Waals surface area (Å²) in [7, 11) is 0. The lowest BCUT2D eigenvalue weighted by Crippen LogP contribution is -2.30. The maximum Gasteiger partial charge on any atom is 0.357 e. The Morgan fingerprint density at radius 1 is 1.13 bits per heavy atom. The summed E-state index contributed by atoms with van der Waals surface area (Å²) in [6.07, 6.45) is 2.24. The third-order valence-corrected chi connectivity index (χ3v) is 5.23. The molecule has 2 aromatic carbocycles. The Bertz CT molecular complexity index is 1310. The summed E-state index contributed by atoms with van der Waals surface area (Å²) in [5.41, 5.74) is 2.31. The van der Waals surface area contributed by atoms with Crippen molar-refractivity contribution in [3.05, 3.63) is 70.9 Å². The van der Waals surface area contributed by atoms with E-state index in [2.05, 4.69) is 20.3 Å². The number of H-pyrrole nitrogens is 2. The van der Waals surface area contributed by atoms with Crippen LogP contribution in [0.1, 0.15) is 17.4 Å². The molecule has 2 aromatic heterocycles. The highest BCUT2D eigenvalue weighted by molar-refractivity contribution is 7.98. The van der Waals surface area contributed by atoms with E-state index in [0.29, 0.717) is 21.9 Å². The maximum absolute atomic E-state index is 12.8. The first-order valence-electron chi connectivity index (χ1n) is 9.37. The van der Waals surface area contributed by atoms with E-state index >= 15 is 0 Å². The molecule has 1 atom stereocenters. The van der Waals surface area contributed by atoms with Gasteiger partial charge in [0.1, 0.15) is 0 Å². The molecule has 3 N–H and O–H groups in total. The monoisotopic (exact) mass is 437 g/mol. The number of hydrogen-bond donors (Lipinski definition) is 3. The van der Waals surface area contributed by atoms with Crippen LogP contribution in [0.2, 0.25) is 0 Å². The van der Waals surface area contributed by atoms with Gasteiger partial charge in [0.2, 0.25) is 0 Å². The number of carbonyl (C=O) groups excluding carboxylic acids is 2. The van der Waals surface area contributed by atoms with Gasteiger partial charge in [0, 0.05) is 11.4 Å². The Morgan fingerprint density at radius 3 is 2.61 bits per heavy atom. The number of hydrogen-bond acceptors (Lipinski definition) is 6. The van der Waals surface area contributed by atoms with Crippen molar-refractivity contribution in [2.75, 3.05) is 11.6 Å². The lowest BCUT2D eigenvalue weighted by atomic mass is 10.2. The first-order valence-corrected chi connectivity index (χ1v) is 10.6. The Hall–Kier alpha value is -3.79. The van der Waals surface area contributed by atoms with Crippen LogP contribution in [0.15, 0.2) is 64.7 Å². The fraction of sp³-hybridized carbons (Fsp3) is 0.143. The molecule has 2 heterocycles. The van der Waals surface area contributed by atoms with Crippen LogP contribution in [0.5, 0.6) is 0 Å². The van der Waals surface area contributed by atoms with Crippen LogP contribution in [0.3, 0.4) is 0 Å². The molecule has 4 rings (SSSR count). The number of ether oxygens (including phenoxy) is 1. The van der Waals surface area contributed by atoms with Crippen LogP contribution in [0.4, 0.5) is 5.69 Å². The van der Waals surface area contributed by atoms with Crippen LogP contribution in [0, 0.1) is 0 Å². The van der Waals surface area contributed by atoms with E-state index in [-0.39, 0.29) is 11.4 Å². The van der Waals surface area contributed by atoms with Crippen molar-refractivity contribution in [1.29, 1.82) is 0 Å². The highest BCUT2D eigenvalue weighted by atomic mass is 32.2. The summed E-state index contributed by atoms with van der Waals surface area (Å²) in [6.45, 7) is 1.49. The number of benzene rings is 2. The summed E-state index contributed by atoms with van der Waals surface area (Å²) < 4.78 is 7.09. The molecule has 0 fully saturated rings. The van der Waals surface area contributed by atoms with Crippen molar-refractivity contribution in [2.24, 2.45) is 0 Å². The van der Waals surface area contributed by atoms with Crippen molar-refractivity contribution < 1.29 is 14.3 Å². The molecular formula is C21H19N5O4S. The number of para-hydroxylation sites is 1. The smallest absolute Gasteiger partial charge is 0.357 e. The van der Waals surface area contributed by atoms with Crippen molar-refractivity contribution >= 4 is 40.4 Å². The van der Waals surface area contributed by atoms with Gasteiger partial charge in [0.25, 0.3) is 5.91 Å². The lowest BCUT2D eigenvalue weighted by molar-refractivity contribution is -0.123. The second-order valence-electron chi connectivity index (χ2n) is 6.68. The van der Waals surface area contributed by atoms with Gasteiger partial charge < -0.3 is 20.0 Å². The summed E-state index contributed by atoms with van der Waals surface area (Å²) >= 11 is 1.40. The van der Waals surface area contributed by atoms with Crippen molar-refractivity contribution in [1.82, 2.24) is 19.5 Å². The number of aromatic nitrogens is 4. The third-order valence-electron chi connectivity index (χ3n) is 4.57. The van der Waals surface area contributed by atoms with E-state index < -0.39 is 18.0 Å². The first kappa shape index (κ1) is 20.5. The average molecular weight is 437 g/mol. The number of imidazole rings is 2. The molecule has 4 aromatic rings. The van der Waals surface area contributed by atoms with E-state index in [1.54, 1.807) is 22.8 Å². The van der Waals surface area contributed by atoms with Gasteiger partial charge in [-0.1, -0.05) is 30.0 Å². The minimum absolute atomic E-state index is 0.224. The van der Waals surface area contributed by atoms with E-state index in [4.69, 9.17) is 4.74 Å². The van der Waals surface area contributed by atoms with Crippen LogP contribution < -0.4 is 11.0 Å². The minimum atomic E-state index is -1.05. The van der Waals surface area contributed by atoms with Crippen LogP contribution in [0.25, 0.3) is 16.7 Å². The van der Waals surface area contributed by atoms with Gasteiger partial charge in [-0.3, -0.25) is 9.36 Å². The number of thioether (sulfide) groups is 1. The Morgan fingerprint density at radius 2 is 1.87 bits per heavy atom. The van der Waals surface area contributed by atoms with Crippen molar-refractivity contribution in [2.45, 2.75) is 18.2 Å². The van der Waals surface area contributed by atoms with E-state index in [1.807, 2.05) is 36.6 Å². The van der Waals surface area contributed by atoms with E-state index in [1.165, 1.54) is 24.9 Å². The quantitative estimate of drug-likeness (QED) is 0.315. The third kappa shape index (κ3) is 4.24. The topological polar surface area (TPSA) is 122 Å². The van der Waals surface area contributed by atoms with Gasteiger partial charge in [0.05, 0.1) is 17.2 Å². The van der Waals surface area contributed by atoms with Gasteiger partial charge >= 0.3 is 11.7 Å². The standard InChI is InChI=1S/C21H19N5O4S/c1-12(18(27)23-13-8-9-15-16(10-13)25-20(29)24-15)30-19(28)17-11-22-21(31-2)26(17)14-6-4-3-5-7-14/h3-12H,1-2H3,(H,23,27)(H2,24,25,29)/t12-/m1/s1. The van der Waals surface area contributed by atoms with Crippen molar-refractivity contribution in [3.8, 4) is 5.69 Å². The molecule has 158 valence electrons. The molecule has 0 saturated carbocycles. The second-order valence-corrected chi connectivity index (χ2v) is 7.45. The zero-order valence-electron chi connectivity index (χ0n) is 16.7. The number of esters is 1. The molecule has 0 aliphatic carbocycles. The summed E-state index contributed by atoms with van der Waals surface area (Å²) in [6, 6.07) is 14.2. The number of anilines is 1. The Labute approximate surface area is 180 Å². The average Bonchev–Trinajstić information content (AvgIpc) is 3.36. The van der Waals surface area contributed by atoms with Crippen molar-refractivity contribution in [3.63, 3.8) is 0 Å². The molecular weight excluding hydrogens is 418 g/mol. The molecule has 1 amide bonds. The Balaban J connectivity index is 1.50. The van der Waals surface area contributed by atoms with Crippen LogP contribution in [-0.4, -0.2) is 43.8 Å². The summed E-state index contributed by atoms with van der Waals surface area (Å²) in [5.74, 6) is -1.16. The molecule has 0 saturated heterocycles. The number of carbonyl (C=O) groups is 2. The van der Waals surface area contributed by atoms with E-state index in [9.17, 15) is 14.4 Å². The SMILES string of the molecule is CSc1ncc(C(=O)O[C@H](C)C(=O)Nc2ccc3[nH]c(=O)[nH]c3c2)n1-c1ccccc1. The predicted octanol–water partition coefficient (Wildman–Crippen LogP) is 2.95. The fourth-order valence-electron chi connectivity index (χ4n) is 3.08. The summed E-state index contributed by atoms with van der Waals surface area (Å²) in [4.78, 5) is 46.2. The molecule has 0 aliphatic heterocycles. The Kier molecular flexibility index (Phi) is 5.63. The van der Waals surface area contributed by atoms with Gasteiger partial charge in [0.15, 0.2) is 17.0 Å². The second kappa shape index (κ2) is 8.52. The number of nitrogens with one attached hydrogen (secondary N) is 3. The van der Waals surface area contributed by atoms with Crippen LogP contribution >= 0.6 is 11.8 Å². The maximum atomic E-state index is 12.8. The normalized spacial score (nSPS) is 11.9. The molecule has 10 heteroatoms. The van der Waals surface area contributed by atoms with Gasteiger partial charge in [-0.25, -0.2) is 14.6 Å². The van der Waals surface area contributed by atoms with Gasteiger partial charge in [-0.2, -0.15) is 0 Å². The molecule has 0 bridgehead atoms. The lowest BCUT2D eigenvalue weighted by Gasteiger charge is -2.15. The minimum Gasteiger partial charge on any atom is -0.448 e. The zero-order valence-corrected chi connectivity index (χ0v) is 17.5. The number of amides is 1. The van der Waals surface area contributed by atoms with Crippen LogP contribution in [-0.2, 0) is 9.53 Å². The molecule has 9 nitrogen and oxygen atoms in total. The predicted molar refractivity (Wildman–Crippen MR) is 118 cm³/mol.